The molecule has 0 aromatic carbocycles. The van der Waals surface area contributed by atoms with Crippen molar-refractivity contribution in [2.75, 3.05) is 39.6 Å². The molecule has 25 heavy (non-hydrogen) atoms. The first-order valence-corrected chi connectivity index (χ1v) is 9.96. The summed E-state index contributed by atoms with van der Waals surface area (Å²) >= 11 is 1.57. The number of H-pyrrole nitrogens is 1. The van der Waals surface area contributed by atoms with E-state index in [1.165, 1.54) is 0 Å². The molecular weight excluding hydrogens is 340 g/mol. The summed E-state index contributed by atoms with van der Waals surface area (Å²) in [5, 5.41) is -0.0347. The van der Waals surface area contributed by atoms with Crippen LogP contribution in [0, 0.1) is 0 Å². The molecule has 2 aliphatic heterocycles. The summed E-state index contributed by atoms with van der Waals surface area (Å²) in [7, 11) is 1.54. The summed E-state index contributed by atoms with van der Waals surface area (Å²) in [6.07, 6.45) is 5.87. The van der Waals surface area contributed by atoms with E-state index in [1.54, 1.807) is 25.2 Å². The summed E-state index contributed by atoms with van der Waals surface area (Å²) in [6.45, 7) is 3.97. The number of likely N-dealkylation sites (tertiary alicyclic amines) is 1. The predicted octanol–water partition coefficient (Wildman–Crippen LogP) is 1.01. The van der Waals surface area contributed by atoms with Gasteiger partial charge in [0.15, 0.2) is 0 Å². The van der Waals surface area contributed by atoms with Crippen LogP contribution >= 0.6 is 11.8 Å². The number of aromatic amines is 1. The van der Waals surface area contributed by atoms with Crippen LogP contribution in [-0.2, 0) is 26.3 Å². The second-order valence-corrected chi connectivity index (χ2v) is 7.87. The number of imidazole rings is 1. The molecule has 8 heteroatoms. The molecule has 3 rings (SSSR count). The number of fused-ring (bicyclic) bond motifs is 2. The molecule has 0 unspecified atom stereocenters. The minimum Gasteiger partial charge on any atom is -0.375 e. The summed E-state index contributed by atoms with van der Waals surface area (Å²) in [5.74, 6) is 0.170. The van der Waals surface area contributed by atoms with Crippen LogP contribution in [0.1, 0.15) is 31.2 Å². The molecular formula is C17H26N4O3S. The normalized spacial score (nSPS) is 20.4. The maximum absolute atomic E-state index is 12.7. The average molecular weight is 366 g/mol. The summed E-state index contributed by atoms with van der Waals surface area (Å²) in [4.78, 5) is 36.8. The van der Waals surface area contributed by atoms with Crippen molar-refractivity contribution in [2.24, 2.45) is 0 Å². The molecule has 1 saturated heterocycles. The summed E-state index contributed by atoms with van der Waals surface area (Å²) < 4.78 is 5.08. The zero-order chi connectivity index (χ0) is 18.0. The van der Waals surface area contributed by atoms with Crippen LogP contribution in [0.25, 0.3) is 0 Å². The Balaban J connectivity index is 1.85. The number of carbonyl (C=O) groups is 2. The number of nitrogens with zero attached hydrogens (tertiary/aromatic N) is 3. The van der Waals surface area contributed by atoms with Gasteiger partial charge in [0, 0.05) is 38.9 Å². The van der Waals surface area contributed by atoms with Crippen molar-refractivity contribution in [2.45, 2.75) is 37.0 Å². The first-order valence-electron chi connectivity index (χ1n) is 8.67. The van der Waals surface area contributed by atoms with Crippen molar-refractivity contribution in [3.05, 3.63) is 17.7 Å². The lowest BCUT2D eigenvalue weighted by atomic mass is 9.78. The highest BCUT2D eigenvalue weighted by Crippen LogP contribution is 2.42. The Morgan fingerprint density at radius 3 is 2.76 bits per heavy atom. The monoisotopic (exact) mass is 366 g/mol. The Hall–Kier alpha value is -1.54. The van der Waals surface area contributed by atoms with Gasteiger partial charge in [-0.15, -0.1) is 0 Å². The standard InChI is InChI=1S/C17H26N4O3S/c1-12(25-3)16(23)20-8-5-17(6-9-20)15-13(18-11-19-15)4-7-21(17)14(22)10-24-2/h11-12H,4-10H2,1-3H3,(H,18,19)/t12-/m0/s1. The SMILES string of the molecule is COCC(=O)N1CCc2[nH]cnc2C12CCN(C(=O)[C@H](C)SC)CC2. The molecule has 0 saturated carbocycles. The fourth-order valence-electron chi connectivity index (χ4n) is 4.00. The number of methoxy groups -OCH3 is 1. The van der Waals surface area contributed by atoms with Gasteiger partial charge in [0.25, 0.3) is 0 Å². The number of ether oxygens (including phenoxy) is 1. The van der Waals surface area contributed by atoms with E-state index in [4.69, 9.17) is 4.74 Å². The lowest BCUT2D eigenvalue weighted by Gasteiger charge is -2.50. The smallest absolute Gasteiger partial charge is 0.249 e. The molecule has 1 atom stereocenters. The van der Waals surface area contributed by atoms with Crippen molar-refractivity contribution in [1.29, 1.82) is 0 Å². The highest BCUT2D eigenvalue weighted by Gasteiger charge is 2.49. The van der Waals surface area contributed by atoms with E-state index in [0.717, 1.165) is 17.8 Å². The number of piperidine rings is 1. The summed E-state index contributed by atoms with van der Waals surface area (Å²) in [6, 6.07) is 0. The van der Waals surface area contributed by atoms with Crippen LogP contribution in [-0.4, -0.2) is 76.4 Å². The number of hydrogen-bond donors (Lipinski definition) is 1. The molecule has 1 spiro atoms. The molecule has 0 aliphatic carbocycles. The third-order valence-corrected chi connectivity index (χ3v) is 6.34. The Labute approximate surface area is 152 Å². The van der Waals surface area contributed by atoms with Crippen LogP contribution in [0.4, 0.5) is 0 Å². The van der Waals surface area contributed by atoms with E-state index in [2.05, 4.69) is 9.97 Å². The van der Waals surface area contributed by atoms with Crippen molar-refractivity contribution >= 4 is 23.6 Å². The third kappa shape index (κ3) is 3.17. The minimum atomic E-state index is -0.428. The third-order valence-electron chi connectivity index (χ3n) is 5.43. The quantitative estimate of drug-likeness (QED) is 0.860. The number of thioether (sulfide) groups is 1. The fourth-order valence-corrected chi connectivity index (χ4v) is 4.36. The average Bonchev–Trinajstić information content (AvgIpc) is 3.11. The van der Waals surface area contributed by atoms with E-state index >= 15 is 0 Å². The fraction of sp³-hybridized carbons (Fsp3) is 0.706. The molecule has 2 aliphatic rings. The number of amides is 2. The van der Waals surface area contributed by atoms with Crippen LogP contribution < -0.4 is 0 Å². The Morgan fingerprint density at radius 1 is 1.40 bits per heavy atom. The van der Waals surface area contributed by atoms with Crippen LogP contribution in [0.2, 0.25) is 0 Å². The molecule has 1 N–H and O–H groups in total. The zero-order valence-electron chi connectivity index (χ0n) is 15.1. The van der Waals surface area contributed by atoms with Crippen molar-refractivity contribution in [1.82, 2.24) is 19.8 Å². The molecule has 1 aromatic heterocycles. The number of nitrogens with one attached hydrogen (secondary N) is 1. The number of hydrogen-bond acceptors (Lipinski definition) is 5. The molecule has 138 valence electrons. The highest BCUT2D eigenvalue weighted by atomic mass is 32.2. The van der Waals surface area contributed by atoms with E-state index in [0.29, 0.717) is 32.5 Å². The first kappa shape index (κ1) is 18.3. The Bertz CT molecular complexity index is 640. The maximum Gasteiger partial charge on any atom is 0.249 e. The lowest BCUT2D eigenvalue weighted by molar-refractivity contribution is -0.147. The van der Waals surface area contributed by atoms with Gasteiger partial charge in [-0.2, -0.15) is 11.8 Å². The van der Waals surface area contributed by atoms with Gasteiger partial charge in [-0.3, -0.25) is 9.59 Å². The minimum absolute atomic E-state index is 0.00610. The molecule has 2 amide bonds. The molecule has 0 bridgehead atoms. The molecule has 0 radical (unpaired) electrons. The van der Waals surface area contributed by atoms with E-state index in [9.17, 15) is 9.59 Å². The highest BCUT2D eigenvalue weighted by molar-refractivity contribution is 7.99. The van der Waals surface area contributed by atoms with E-state index in [1.807, 2.05) is 23.0 Å². The molecule has 3 heterocycles. The molecule has 1 aromatic rings. The zero-order valence-corrected chi connectivity index (χ0v) is 15.9. The second kappa shape index (κ2) is 7.37. The number of rotatable bonds is 4. The van der Waals surface area contributed by atoms with E-state index < -0.39 is 5.54 Å². The van der Waals surface area contributed by atoms with Gasteiger partial charge < -0.3 is 19.5 Å². The van der Waals surface area contributed by atoms with E-state index in [-0.39, 0.29) is 23.7 Å². The van der Waals surface area contributed by atoms with Crippen molar-refractivity contribution in [3.8, 4) is 0 Å². The van der Waals surface area contributed by atoms with Crippen molar-refractivity contribution < 1.29 is 14.3 Å². The van der Waals surface area contributed by atoms with Crippen LogP contribution in [0.3, 0.4) is 0 Å². The lowest BCUT2D eigenvalue weighted by Crippen LogP contribution is -2.60. The van der Waals surface area contributed by atoms with Gasteiger partial charge in [-0.25, -0.2) is 4.98 Å². The van der Waals surface area contributed by atoms with Gasteiger partial charge in [-0.1, -0.05) is 0 Å². The molecule has 1 fully saturated rings. The number of aromatic nitrogens is 2. The van der Waals surface area contributed by atoms with Gasteiger partial charge in [-0.05, 0) is 26.0 Å². The topological polar surface area (TPSA) is 78.5 Å². The number of carbonyl (C=O) groups excluding carboxylic acids is 2. The van der Waals surface area contributed by atoms with Gasteiger partial charge in [0.1, 0.15) is 6.61 Å². The van der Waals surface area contributed by atoms with Crippen LogP contribution in [0.5, 0.6) is 0 Å². The molecule has 7 nitrogen and oxygen atoms in total. The Morgan fingerprint density at radius 2 is 2.12 bits per heavy atom. The van der Waals surface area contributed by atoms with Gasteiger partial charge in [0.05, 0.1) is 22.8 Å². The largest absolute Gasteiger partial charge is 0.375 e. The first-order chi connectivity index (χ1) is 12.0. The second-order valence-electron chi connectivity index (χ2n) is 6.69. The Kier molecular flexibility index (Phi) is 5.38. The maximum atomic E-state index is 12.7. The van der Waals surface area contributed by atoms with Gasteiger partial charge in [0.2, 0.25) is 11.8 Å². The van der Waals surface area contributed by atoms with Crippen LogP contribution in [0.15, 0.2) is 6.33 Å². The van der Waals surface area contributed by atoms with Gasteiger partial charge >= 0.3 is 0 Å². The predicted molar refractivity (Wildman–Crippen MR) is 96.3 cm³/mol. The summed E-state index contributed by atoms with van der Waals surface area (Å²) in [5.41, 5.74) is 1.65. The van der Waals surface area contributed by atoms with Crippen molar-refractivity contribution in [3.63, 3.8) is 0 Å².